The molecule has 3 heteroatoms. The topological polar surface area (TPSA) is 17.1 Å². The molecule has 0 aliphatic rings. The number of hydrogen-bond acceptors (Lipinski definition) is 2. The molecular formula is C22H35FOS. The van der Waals surface area contributed by atoms with Gasteiger partial charge in [-0.15, -0.1) is 0 Å². The van der Waals surface area contributed by atoms with Gasteiger partial charge in [0, 0.05) is 5.56 Å². The Labute approximate surface area is 158 Å². The van der Waals surface area contributed by atoms with Crippen LogP contribution >= 0.6 is 11.8 Å². The summed E-state index contributed by atoms with van der Waals surface area (Å²) in [7, 11) is 0. The molecule has 0 unspecified atom stereocenters. The number of unbranched alkanes of at least 4 members (excludes halogenated alkanes) is 11. The first-order valence-corrected chi connectivity index (χ1v) is 11.3. The van der Waals surface area contributed by atoms with Crippen molar-refractivity contribution in [3.63, 3.8) is 0 Å². The summed E-state index contributed by atoms with van der Waals surface area (Å²) in [5, 5.41) is -0.0733. The van der Waals surface area contributed by atoms with Gasteiger partial charge in [0.25, 0.3) is 0 Å². The number of halogens is 1. The minimum Gasteiger partial charge on any atom is -0.282 e. The predicted molar refractivity (Wildman–Crippen MR) is 109 cm³/mol. The zero-order valence-corrected chi connectivity index (χ0v) is 16.9. The third kappa shape index (κ3) is 10.0. The molecule has 0 spiro atoms. The summed E-state index contributed by atoms with van der Waals surface area (Å²) in [5.41, 5.74) is 1.20. The molecule has 0 atom stereocenters. The second-order valence-corrected chi connectivity index (χ2v) is 7.72. The van der Waals surface area contributed by atoms with Crippen molar-refractivity contribution < 1.29 is 9.18 Å². The molecule has 25 heavy (non-hydrogen) atoms. The van der Waals surface area contributed by atoms with Crippen LogP contribution < -0.4 is 0 Å². The lowest BCUT2D eigenvalue weighted by molar-refractivity contribution is 0.108. The number of aryl methyl sites for hydroxylation is 1. The van der Waals surface area contributed by atoms with E-state index in [-0.39, 0.29) is 10.9 Å². The zero-order chi connectivity index (χ0) is 18.3. The zero-order valence-electron chi connectivity index (χ0n) is 16.1. The highest BCUT2D eigenvalue weighted by atomic mass is 32.2. The maximum absolute atomic E-state index is 14.0. The van der Waals surface area contributed by atoms with E-state index in [9.17, 15) is 9.18 Å². The summed E-state index contributed by atoms with van der Waals surface area (Å²) in [6.45, 7) is 2.26. The van der Waals surface area contributed by atoms with Crippen LogP contribution in [0.4, 0.5) is 4.39 Å². The number of hydrogen-bond donors (Lipinski definition) is 0. The van der Waals surface area contributed by atoms with E-state index in [0.29, 0.717) is 5.56 Å². The summed E-state index contributed by atoms with van der Waals surface area (Å²) < 4.78 is 14.0. The molecule has 1 aromatic carbocycles. The molecule has 1 nitrogen and oxygen atoms in total. The van der Waals surface area contributed by atoms with E-state index in [0.717, 1.165) is 30.2 Å². The van der Waals surface area contributed by atoms with E-state index < -0.39 is 0 Å². The highest BCUT2D eigenvalue weighted by molar-refractivity contribution is 8.13. The SMILES string of the molecule is CCCCCCCCCCCCCCc1ccc(C(=O)SC)cc1F. The second kappa shape index (κ2) is 14.4. The Morgan fingerprint density at radius 2 is 1.40 bits per heavy atom. The van der Waals surface area contributed by atoms with Gasteiger partial charge >= 0.3 is 0 Å². The van der Waals surface area contributed by atoms with Gasteiger partial charge in [0.1, 0.15) is 5.82 Å². The normalized spacial score (nSPS) is 11.0. The number of thioether (sulfide) groups is 1. The summed E-state index contributed by atoms with van der Waals surface area (Å²) >= 11 is 1.12. The van der Waals surface area contributed by atoms with E-state index >= 15 is 0 Å². The van der Waals surface area contributed by atoms with Crippen LogP contribution in [0, 0.1) is 5.82 Å². The number of carbonyl (C=O) groups excluding carboxylic acids is 1. The highest BCUT2D eigenvalue weighted by Crippen LogP contribution is 2.18. The molecule has 0 saturated carbocycles. The summed E-state index contributed by atoms with van der Waals surface area (Å²) in [6.07, 6.45) is 18.3. The Morgan fingerprint density at radius 1 is 0.880 bits per heavy atom. The molecular weight excluding hydrogens is 331 g/mol. The summed E-state index contributed by atoms with van der Waals surface area (Å²) in [6, 6.07) is 4.91. The van der Waals surface area contributed by atoms with Gasteiger partial charge in [-0.05, 0) is 30.7 Å². The first-order chi connectivity index (χ1) is 12.2. The van der Waals surface area contributed by atoms with Crippen LogP contribution in [0.1, 0.15) is 99.9 Å². The third-order valence-corrected chi connectivity index (χ3v) is 5.38. The standard InChI is InChI=1S/C22H35FOS/c1-3-4-5-6-7-8-9-10-11-12-13-14-15-19-16-17-20(18-21(19)23)22(24)25-2/h16-18H,3-15H2,1-2H3. The van der Waals surface area contributed by atoms with E-state index in [1.54, 1.807) is 18.4 Å². The largest absolute Gasteiger partial charge is 0.282 e. The predicted octanol–water partition coefficient (Wildman–Crippen LogP) is 7.57. The van der Waals surface area contributed by atoms with E-state index in [2.05, 4.69) is 6.92 Å². The molecule has 0 aliphatic heterocycles. The minimum absolute atomic E-state index is 0.0733. The second-order valence-electron chi connectivity index (χ2n) is 6.94. The summed E-state index contributed by atoms with van der Waals surface area (Å²) in [5.74, 6) is -0.233. The Bertz CT molecular complexity index is 487. The average Bonchev–Trinajstić information content (AvgIpc) is 2.63. The fraction of sp³-hybridized carbons (Fsp3) is 0.682. The van der Waals surface area contributed by atoms with Crippen molar-refractivity contribution in [3.8, 4) is 0 Å². The van der Waals surface area contributed by atoms with Gasteiger partial charge < -0.3 is 0 Å². The number of carbonyl (C=O) groups is 1. The van der Waals surface area contributed by atoms with Gasteiger partial charge in [-0.3, -0.25) is 4.79 Å². The quantitative estimate of drug-likeness (QED) is 0.316. The molecule has 0 N–H and O–H groups in total. The molecule has 0 radical (unpaired) electrons. The number of rotatable bonds is 14. The Kier molecular flexibility index (Phi) is 12.8. The van der Waals surface area contributed by atoms with Crippen LogP contribution in [-0.4, -0.2) is 11.4 Å². The lowest BCUT2D eigenvalue weighted by Gasteiger charge is -2.06. The van der Waals surface area contributed by atoms with Crippen molar-refractivity contribution >= 4 is 16.9 Å². The van der Waals surface area contributed by atoms with E-state index in [4.69, 9.17) is 0 Å². The van der Waals surface area contributed by atoms with Crippen LogP contribution in [0.3, 0.4) is 0 Å². The molecule has 0 aromatic heterocycles. The van der Waals surface area contributed by atoms with Crippen LogP contribution in [0.25, 0.3) is 0 Å². The molecule has 142 valence electrons. The van der Waals surface area contributed by atoms with Crippen LogP contribution in [0.2, 0.25) is 0 Å². The monoisotopic (exact) mass is 366 g/mol. The fourth-order valence-corrected chi connectivity index (χ4v) is 3.51. The molecule has 0 saturated heterocycles. The summed E-state index contributed by atoms with van der Waals surface area (Å²) in [4.78, 5) is 11.5. The van der Waals surface area contributed by atoms with Crippen LogP contribution in [0.15, 0.2) is 18.2 Å². The van der Waals surface area contributed by atoms with Crippen LogP contribution in [-0.2, 0) is 6.42 Å². The van der Waals surface area contributed by atoms with Gasteiger partial charge in [0.15, 0.2) is 0 Å². The third-order valence-electron chi connectivity index (χ3n) is 4.77. The average molecular weight is 367 g/mol. The minimum atomic E-state index is -0.233. The fourth-order valence-electron chi connectivity index (χ4n) is 3.15. The van der Waals surface area contributed by atoms with E-state index in [1.807, 2.05) is 0 Å². The molecule has 0 amide bonds. The molecule has 0 fully saturated rings. The molecule has 1 rings (SSSR count). The lowest BCUT2D eigenvalue weighted by Crippen LogP contribution is -1.97. The van der Waals surface area contributed by atoms with Gasteiger partial charge in [0.05, 0.1) is 0 Å². The molecule has 0 heterocycles. The Hall–Kier alpha value is -0.830. The van der Waals surface area contributed by atoms with Crippen molar-refractivity contribution in [2.45, 2.75) is 90.4 Å². The maximum atomic E-state index is 14.0. The lowest BCUT2D eigenvalue weighted by atomic mass is 10.0. The van der Waals surface area contributed by atoms with Gasteiger partial charge in [0.2, 0.25) is 5.12 Å². The van der Waals surface area contributed by atoms with Crippen molar-refractivity contribution in [1.29, 1.82) is 0 Å². The van der Waals surface area contributed by atoms with Crippen molar-refractivity contribution in [1.82, 2.24) is 0 Å². The van der Waals surface area contributed by atoms with E-state index in [1.165, 1.54) is 76.7 Å². The number of benzene rings is 1. The van der Waals surface area contributed by atoms with Gasteiger partial charge in [-0.1, -0.05) is 101 Å². The van der Waals surface area contributed by atoms with Gasteiger partial charge in [-0.2, -0.15) is 0 Å². The van der Waals surface area contributed by atoms with Crippen LogP contribution in [0.5, 0.6) is 0 Å². The van der Waals surface area contributed by atoms with Gasteiger partial charge in [-0.25, -0.2) is 4.39 Å². The molecule has 0 bridgehead atoms. The first kappa shape index (κ1) is 22.2. The van der Waals surface area contributed by atoms with Crippen molar-refractivity contribution in [2.75, 3.05) is 6.26 Å². The highest BCUT2D eigenvalue weighted by Gasteiger charge is 2.08. The van der Waals surface area contributed by atoms with Crippen molar-refractivity contribution in [3.05, 3.63) is 35.1 Å². The first-order valence-electron chi connectivity index (χ1n) is 10.1. The Morgan fingerprint density at radius 3 is 1.88 bits per heavy atom. The smallest absolute Gasteiger partial charge is 0.219 e. The van der Waals surface area contributed by atoms with Crippen molar-refractivity contribution in [2.24, 2.45) is 0 Å². The molecule has 0 aliphatic carbocycles. The molecule has 1 aromatic rings. The maximum Gasteiger partial charge on any atom is 0.219 e. The Balaban J connectivity index is 2.04.